The number of hydrogen-bond acceptors (Lipinski definition) is 4. The first kappa shape index (κ1) is 9.73. The van der Waals surface area contributed by atoms with E-state index in [4.69, 9.17) is 10.5 Å². The van der Waals surface area contributed by atoms with Crippen LogP contribution in [0, 0.1) is 5.92 Å². The topological polar surface area (TPSA) is 73.6 Å². The maximum absolute atomic E-state index is 11.0. The Morgan fingerprint density at radius 1 is 1.64 bits per heavy atom. The third kappa shape index (κ3) is 1.46. The molecule has 1 saturated carbocycles. The number of fused-ring (bicyclic) bond motifs is 1. The number of ether oxygens (including phenoxy) is 2. The predicted octanol–water partition coefficient (Wildman–Crippen LogP) is -0.153. The molecular weight excluding hydrogens is 184 g/mol. The third-order valence-corrected chi connectivity index (χ3v) is 3.15. The Kier molecular flexibility index (Phi) is 2.60. The van der Waals surface area contributed by atoms with E-state index in [0.717, 1.165) is 19.4 Å². The van der Waals surface area contributed by atoms with Gasteiger partial charge < -0.3 is 20.5 Å². The fraction of sp³-hybridized carbons (Fsp3) is 0.889. The molecule has 0 spiro atoms. The van der Waals surface area contributed by atoms with Crippen LogP contribution in [0.3, 0.4) is 0 Å². The van der Waals surface area contributed by atoms with E-state index in [1.54, 1.807) is 0 Å². The minimum atomic E-state index is -0.432. The lowest BCUT2D eigenvalue weighted by atomic mass is 9.69. The van der Waals surface area contributed by atoms with Crippen molar-refractivity contribution in [2.45, 2.75) is 31.0 Å². The third-order valence-electron chi connectivity index (χ3n) is 3.15. The van der Waals surface area contributed by atoms with Crippen molar-refractivity contribution >= 4 is 6.09 Å². The Balaban J connectivity index is 1.90. The number of alkyl carbamates (subject to hydrolysis) is 1. The highest BCUT2D eigenvalue weighted by Crippen LogP contribution is 2.36. The van der Waals surface area contributed by atoms with Crippen molar-refractivity contribution in [3.05, 3.63) is 0 Å². The lowest BCUT2D eigenvalue weighted by Crippen LogP contribution is -2.72. The van der Waals surface area contributed by atoms with E-state index in [1.165, 1.54) is 7.11 Å². The smallest absolute Gasteiger partial charge is 0.407 e. The van der Waals surface area contributed by atoms with Crippen LogP contribution >= 0.6 is 0 Å². The van der Waals surface area contributed by atoms with E-state index in [2.05, 4.69) is 10.1 Å². The lowest BCUT2D eigenvalue weighted by Gasteiger charge is -2.52. The van der Waals surface area contributed by atoms with Crippen LogP contribution in [0.5, 0.6) is 0 Å². The maximum Gasteiger partial charge on any atom is 0.407 e. The second-order valence-electron chi connectivity index (χ2n) is 3.88. The molecule has 1 amide bonds. The van der Waals surface area contributed by atoms with Gasteiger partial charge in [0.2, 0.25) is 0 Å². The molecule has 2 rings (SSSR count). The summed E-state index contributed by atoms with van der Waals surface area (Å²) in [6.07, 6.45) is 1.83. The summed E-state index contributed by atoms with van der Waals surface area (Å²) < 4.78 is 10.1. The first-order valence-corrected chi connectivity index (χ1v) is 4.95. The van der Waals surface area contributed by atoms with Crippen molar-refractivity contribution < 1.29 is 14.3 Å². The fourth-order valence-electron chi connectivity index (χ4n) is 2.32. The molecule has 1 saturated heterocycles. The molecule has 1 aliphatic heterocycles. The summed E-state index contributed by atoms with van der Waals surface area (Å²) in [5.74, 6) is 0.408. The number of nitrogens with two attached hydrogens (primary N) is 1. The van der Waals surface area contributed by atoms with E-state index >= 15 is 0 Å². The highest BCUT2D eigenvalue weighted by atomic mass is 16.5. The molecule has 0 aromatic heterocycles. The van der Waals surface area contributed by atoms with Gasteiger partial charge in [0, 0.05) is 18.6 Å². The molecule has 3 N–H and O–H groups in total. The monoisotopic (exact) mass is 200 g/mol. The molecule has 1 aliphatic carbocycles. The normalized spacial score (nSPS) is 40.7. The Labute approximate surface area is 82.9 Å². The molecule has 80 valence electrons. The van der Waals surface area contributed by atoms with Crippen molar-refractivity contribution in [3.8, 4) is 0 Å². The number of nitrogens with one attached hydrogen (secondary N) is 1. The van der Waals surface area contributed by atoms with Crippen LogP contribution in [0.15, 0.2) is 0 Å². The predicted molar refractivity (Wildman–Crippen MR) is 49.8 cm³/mol. The number of amides is 1. The Morgan fingerprint density at radius 2 is 2.43 bits per heavy atom. The molecule has 0 aromatic carbocycles. The van der Waals surface area contributed by atoms with Crippen LogP contribution in [0.2, 0.25) is 0 Å². The van der Waals surface area contributed by atoms with Gasteiger partial charge in [-0.2, -0.15) is 0 Å². The van der Waals surface area contributed by atoms with E-state index < -0.39 is 6.09 Å². The number of carbonyl (C=O) groups excluding carboxylic acids is 1. The lowest BCUT2D eigenvalue weighted by molar-refractivity contribution is -0.118. The Hall–Kier alpha value is -0.810. The second kappa shape index (κ2) is 3.74. The van der Waals surface area contributed by atoms with Gasteiger partial charge in [0.05, 0.1) is 19.3 Å². The van der Waals surface area contributed by atoms with Gasteiger partial charge in [-0.1, -0.05) is 0 Å². The van der Waals surface area contributed by atoms with Crippen LogP contribution in [0.25, 0.3) is 0 Å². The number of rotatable bonds is 1. The average Bonchev–Trinajstić information content (AvgIpc) is 2.25. The quantitative estimate of drug-likeness (QED) is 0.617. The van der Waals surface area contributed by atoms with Gasteiger partial charge in [0.15, 0.2) is 0 Å². The van der Waals surface area contributed by atoms with Crippen LogP contribution in [0.4, 0.5) is 4.79 Å². The van der Waals surface area contributed by atoms with E-state index in [1.807, 2.05) is 0 Å². The van der Waals surface area contributed by atoms with E-state index in [-0.39, 0.29) is 18.2 Å². The van der Waals surface area contributed by atoms with Gasteiger partial charge >= 0.3 is 6.09 Å². The number of methoxy groups -OCH3 is 1. The molecule has 14 heavy (non-hydrogen) atoms. The van der Waals surface area contributed by atoms with E-state index in [9.17, 15) is 4.79 Å². The summed E-state index contributed by atoms with van der Waals surface area (Å²) in [6, 6.07) is -0.0628. The SMILES string of the molecule is COC(=O)NC1C(N)C2CCCOC21. The van der Waals surface area contributed by atoms with E-state index in [0.29, 0.717) is 5.92 Å². The summed E-state index contributed by atoms with van der Waals surface area (Å²) in [5, 5.41) is 2.70. The molecule has 1 heterocycles. The highest BCUT2D eigenvalue weighted by Gasteiger charge is 2.51. The molecule has 0 radical (unpaired) electrons. The first-order valence-electron chi connectivity index (χ1n) is 4.95. The van der Waals surface area contributed by atoms with Gasteiger partial charge in [0.1, 0.15) is 0 Å². The van der Waals surface area contributed by atoms with Gasteiger partial charge in [-0.25, -0.2) is 4.79 Å². The molecule has 5 nitrogen and oxygen atoms in total. The van der Waals surface area contributed by atoms with Crippen LogP contribution in [-0.4, -0.2) is 38.0 Å². The summed E-state index contributed by atoms with van der Waals surface area (Å²) in [4.78, 5) is 11.0. The summed E-state index contributed by atoms with van der Waals surface area (Å²) in [5.41, 5.74) is 5.93. The second-order valence-corrected chi connectivity index (χ2v) is 3.88. The molecule has 5 heteroatoms. The van der Waals surface area contributed by atoms with Crippen molar-refractivity contribution in [1.29, 1.82) is 0 Å². The Bertz CT molecular complexity index is 234. The van der Waals surface area contributed by atoms with Crippen LogP contribution in [-0.2, 0) is 9.47 Å². The van der Waals surface area contributed by atoms with Gasteiger partial charge in [-0.15, -0.1) is 0 Å². The van der Waals surface area contributed by atoms with Crippen molar-refractivity contribution in [2.24, 2.45) is 11.7 Å². The molecule has 0 aromatic rings. The minimum Gasteiger partial charge on any atom is -0.453 e. The zero-order valence-electron chi connectivity index (χ0n) is 8.23. The maximum atomic E-state index is 11.0. The molecule has 2 fully saturated rings. The van der Waals surface area contributed by atoms with Crippen molar-refractivity contribution in [1.82, 2.24) is 5.32 Å². The van der Waals surface area contributed by atoms with Crippen molar-refractivity contribution in [2.75, 3.05) is 13.7 Å². The average molecular weight is 200 g/mol. The largest absolute Gasteiger partial charge is 0.453 e. The van der Waals surface area contributed by atoms with Crippen molar-refractivity contribution in [3.63, 3.8) is 0 Å². The molecule has 4 atom stereocenters. The molecule has 0 bridgehead atoms. The molecular formula is C9H16N2O3. The minimum absolute atomic E-state index is 0.0133. The zero-order valence-corrected chi connectivity index (χ0v) is 8.23. The fourth-order valence-corrected chi connectivity index (χ4v) is 2.32. The van der Waals surface area contributed by atoms with Crippen LogP contribution in [0.1, 0.15) is 12.8 Å². The summed E-state index contributed by atoms with van der Waals surface area (Å²) in [7, 11) is 1.35. The Morgan fingerprint density at radius 3 is 3.14 bits per heavy atom. The highest BCUT2D eigenvalue weighted by molar-refractivity contribution is 5.67. The van der Waals surface area contributed by atoms with Gasteiger partial charge in [-0.05, 0) is 12.8 Å². The number of carbonyl (C=O) groups is 1. The van der Waals surface area contributed by atoms with Gasteiger partial charge in [0.25, 0.3) is 0 Å². The number of hydrogen-bond donors (Lipinski definition) is 2. The standard InChI is InChI=1S/C9H16N2O3/c1-13-9(12)11-7-6(10)5-3-2-4-14-8(5)7/h5-8H,2-4,10H2,1H3,(H,11,12). The van der Waals surface area contributed by atoms with Gasteiger partial charge in [-0.3, -0.25) is 0 Å². The summed E-state index contributed by atoms with van der Waals surface area (Å²) in [6.45, 7) is 0.771. The zero-order chi connectivity index (χ0) is 10.1. The van der Waals surface area contributed by atoms with Crippen LogP contribution < -0.4 is 11.1 Å². The molecule has 2 aliphatic rings. The summed E-state index contributed by atoms with van der Waals surface area (Å²) >= 11 is 0. The molecule has 4 unspecified atom stereocenters. The first-order chi connectivity index (χ1) is 6.74.